The summed E-state index contributed by atoms with van der Waals surface area (Å²) in [5.41, 5.74) is 0. The van der Waals surface area contributed by atoms with Crippen molar-refractivity contribution in [2.75, 3.05) is 0 Å². The van der Waals surface area contributed by atoms with Crippen molar-refractivity contribution in [1.82, 2.24) is 20.8 Å². The van der Waals surface area contributed by atoms with Crippen molar-refractivity contribution in [3.63, 3.8) is 0 Å². The van der Waals surface area contributed by atoms with Gasteiger partial charge < -0.3 is 15.2 Å². The van der Waals surface area contributed by atoms with E-state index >= 15 is 0 Å². The normalized spacial score (nSPS) is 20.0. The van der Waals surface area contributed by atoms with Gasteiger partial charge in [-0.1, -0.05) is 24.4 Å². The molecule has 3 rings (SSSR count). The largest absolute Gasteiger partial charge is 0.345 e. The monoisotopic (exact) mass is 320 g/mol. The first-order valence-electron chi connectivity index (χ1n) is 8.54. The van der Waals surface area contributed by atoms with E-state index < -0.39 is 6.04 Å². The van der Waals surface area contributed by atoms with E-state index in [9.17, 15) is 9.59 Å². The van der Waals surface area contributed by atoms with E-state index in [0.717, 1.165) is 44.3 Å². The van der Waals surface area contributed by atoms with Crippen LogP contribution in [0.25, 0.3) is 0 Å². The summed E-state index contributed by atoms with van der Waals surface area (Å²) in [6, 6.07) is -0.560. The average molecular weight is 320 g/mol. The predicted octanol–water partition coefficient (Wildman–Crippen LogP) is 1.65. The lowest BCUT2D eigenvalue weighted by Crippen LogP contribution is -2.46. The maximum absolute atomic E-state index is 12.1. The van der Waals surface area contributed by atoms with Crippen LogP contribution in [0.5, 0.6) is 0 Å². The number of amides is 2. The second kappa shape index (κ2) is 7.10. The van der Waals surface area contributed by atoms with Gasteiger partial charge in [0.2, 0.25) is 17.7 Å². The highest BCUT2D eigenvalue weighted by atomic mass is 16.5. The van der Waals surface area contributed by atoms with E-state index in [1.165, 1.54) is 6.42 Å². The number of aromatic nitrogens is 2. The molecule has 0 aromatic carbocycles. The molecule has 126 valence electrons. The fourth-order valence-electron chi connectivity index (χ4n) is 2.92. The van der Waals surface area contributed by atoms with Crippen LogP contribution in [-0.2, 0) is 16.1 Å². The number of hydrogen-bond acceptors (Lipinski definition) is 5. The predicted molar refractivity (Wildman–Crippen MR) is 82.3 cm³/mol. The molecule has 2 saturated carbocycles. The molecule has 0 radical (unpaired) electrons. The first-order valence-corrected chi connectivity index (χ1v) is 8.54. The molecule has 0 spiro atoms. The van der Waals surface area contributed by atoms with Gasteiger partial charge in [-0.15, -0.1) is 0 Å². The lowest BCUT2D eigenvalue weighted by Gasteiger charge is -2.22. The molecule has 1 aromatic heterocycles. The lowest BCUT2D eigenvalue weighted by molar-refractivity contribution is -0.131. The molecule has 0 saturated heterocycles. The molecule has 2 N–H and O–H groups in total. The van der Waals surface area contributed by atoms with Gasteiger partial charge in [0.1, 0.15) is 6.04 Å². The second-order valence-electron chi connectivity index (χ2n) is 6.60. The first kappa shape index (κ1) is 16.0. The number of nitrogens with zero attached hydrogens (tertiary/aromatic N) is 2. The summed E-state index contributed by atoms with van der Waals surface area (Å²) in [4.78, 5) is 28.5. The molecule has 1 atom stereocenters. The highest BCUT2D eigenvalue weighted by molar-refractivity contribution is 5.88. The van der Waals surface area contributed by atoms with Gasteiger partial charge in [0.25, 0.3) is 0 Å². The summed E-state index contributed by atoms with van der Waals surface area (Å²) < 4.78 is 5.11. The van der Waals surface area contributed by atoms with Gasteiger partial charge in [-0.05, 0) is 32.6 Å². The summed E-state index contributed by atoms with van der Waals surface area (Å²) in [6.45, 7) is 1.89. The molecule has 7 heteroatoms. The molecule has 1 unspecified atom stereocenters. The molecule has 0 bridgehead atoms. The van der Waals surface area contributed by atoms with Gasteiger partial charge in [-0.2, -0.15) is 4.98 Å². The molecule has 2 fully saturated rings. The number of hydrogen-bond donors (Lipinski definition) is 2. The van der Waals surface area contributed by atoms with Crippen LogP contribution >= 0.6 is 0 Å². The summed E-state index contributed by atoms with van der Waals surface area (Å²) in [6.07, 6.45) is 7.45. The van der Waals surface area contributed by atoms with Gasteiger partial charge in [-0.25, -0.2) is 0 Å². The number of carbonyl (C=O) groups excluding carboxylic acids is 2. The van der Waals surface area contributed by atoms with Crippen molar-refractivity contribution < 1.29 is 14.1 Å². The van der Waals surface area contributed by atoms with E-state index in [1.807, 2.05) is 0 Å². The van der Waals surface area contributed by atoms with E-state index in [1.54, 1.807) is 6.92 Å². The lowest BCUT2D eigenvalue weighted by atomic mass is 9.88. The van der Waals surface area contributed by atoms with Crippen molar-refractivity contribution in [3.05, 3.63) is 11.7 Å². The quantitative estimate of drug-likeness (QED) is 0.830. The van der Waals surface area contributed by atoms with Crippen LogP contribution < -0.4 is 10.6 Å². The van der Waals surface area contributed by atoms with Crippen molar-refractivity contribution >= 4 is 11.8 Å². The zero-order valence-electron chi connectivity index (χ0n) is 13.5. The highest BCUT2D eigenvalue weighted by Crippen LogP contribution is 2.38. The molecule has 2 aliphatic rings. The average Bonchev–Trinajstić information content (AvgIpc) is 3.32. The van der Waals surface area contributed by atoms with Crippen LogP contribution in [0, 0.1) is 5.92 Å². The Bertz CT molecular complexity index is 561. The van der Waals surface area contributed by atoms with Gasteiger partial charge >= 0.3 is 0 Å². The second-order valence-corrected chi connectivity index (χ2v) is 6.60. The van der Waals surface area contributed by atoms with Crippen LogP contribution in [0.2, 0.25) is 0 Å². The summed E-state index contributed by atoms with van der Waals surface area (Å²) in [5, 5.41) is 9.43. The summed E-state index contributed by atoms with van der Waals surface area (Å²) in [7, 11) is 0. The van der Waals surface area contributed by atoms with Crippen molar-refractivity contribution in [2.24, 2.45) is 5.92 Å². The zero-order valence-corrected chi connectivity index (χ0v) is 13.5. The molecule has 23 heavy (non-hydrogen) atoms. The Kier molecular flexibility index (Phi) is 4.93. The van der Waals surface area contributed by atoms with Crippen LogP contribution in [0.15, 0.2) is 4.52 Å². The molecular weight excluding hydrogens is 296 g/mol. The topological polar surface area (TPSA) is 97.1 Å². The first-order chi connectivity index (χ1) is 11.1. The van der Waals surface area contributed by atoms with Gasteiger partial charge in [0.15, 0.2) is 5.82 Å². The summed E-state index contributed by atoms with van der Waals surface area (Å²) >= 11 is 0. The van der Waals surface area contributed by atoms with Crippen molar-refractivity contribution in [2.45, 2.75) is 70.4 Å². The molecular formula is C16H24N4O3. The minimum absolute atomic E-state index is 0.0128. The Hall–Kier alpha value is -1.92. The van der Waals surface area contributed by atoms with Crippen LogP contribution in [0.3, 0.4) is 0 Å². The third-order valence-corrected chi connectivity index (χ3v) is 4.57. The van der Waals surface area contributed by atoms with Gasteiger partial charge in [0.05, 0.1) is 6.54 Å². The molecule has 0 aliphatic heterocycles. The van der Waals surface area contributed by atoms with Crippen LogP contribution in [0.1, 0.15) is 69.5 Å². The molecule has 2 aliphatic carbocycles. The third kappa shape index (κ3) is 4.30. The Labute approximate surface area is 135 Å². The number of rotatable bonds is 6. The minimum atomic E-state index is -0.560. The molecule has 1 aromatic rings. The fraction of sp³-hybridized carbons (Fsp3) is 0.750. The standard InChI is InChI=1S/C16H24N4O3/c1-10(18-16(22)12-5-3-2-4-6-12)15(21)17-9-13-19-14(20-23-13)11-7-8-11/h10-12H,2-9H2,1H3,(H,17,21)(H,18,22). The maximum atomic E-state index is 12.1. The Morgan fingerprint density at radius 1 is 1.22 bits per heavy atom. The van der Waals surface area contributed by atoms with Crippen molar-refractivity contribution in [1.29, 1.82) is 0 Å². The fourth-order valence-corrected chi connectivity index (χ4v) is 2.92. The zero-order chi connectivity index (χ0) is 16.2. The van der Waals surface area contributed by atoms with E-state index in [4.69, 9.17) is 4.52 Å². The molecule has 2 amide bonds. The smallest absolute Gasteiger partial charge is 0.246 e. The molecule has 1 heterocycles. The SMILES string of the molecule is CC(NC(=O)C1CCCCC1)C(=O)NCc1nc(C2CC2)no1. The highest BCUT2D eigenvalue weighted by Gasteiger charge is 2.29. The maximum Gasteiger partial charge on any atom is 0.246 e. The minimum Gasteiger partial charge on any atom is -0.345 e. The Morgan fingerprint density at radius 2 is 1.96 bits per heavy atom. The van der Waals surface area contributed by atoms with E-state index in [2.05, 4.69) is 20.8 Å². The third-order valence-electron chi connectivity index (χ3n) is 4.57. The van der Waals surface area contributed by atoms with Crippen molar-refractivity contribution in [3.8, 4) is 0 Å². The Morgan fingerprint density at radius 3 is 2.65 bits per heavy atom. The Balaban J connectivity index is 1.42. The van der Waals surface area contributed by atoms with Crippen LogP contribution in [-0.4, -0.2) is 28.0 Å². The molecule has 7 nitrogen and oxygen atoms in total. The van der Waals surface area contributed by atoms with Gasteiger partial charge in [-0.3, -0.25) is 9.59 Å². The van der Waals surface area contributed by atoms with Gasteiger partial charge in [0, 0.05) is 11.8 Å². The van der Waals surface area contributed by atoms with E-state index in [-0.39, 0.29) is 24.3 Å². The number of carbonyl (C=O) groups is 2. The van der Waals surface area contributed by atoms with E-state index in [0.29, 0.717) is 11.8 Å². The van der Waals surface area contributed by atoms with Crippen LogP contribution in [0.4, 0.5) is 0 Å². The number of nitrogens with one attached hydrogen (secondary N) is 2. The summed E-state index contributed by atoms with van der Waals surface area (Å²) in [5.74, 6) is 1.37.